The first-order valence-electron chi connectivity index (χ1n) is 5.31. The van der Waals surface area contributed by atoms with E-state index in [9.17, 15) is 13.2 Å². The molecule has 0 atom stereocenters. The lowest BCUT2D eigenvalue weighted by Gasteiger charge is -2.33. The van der Waals surface area contributed by atoms with E-state index in [1.807, 2.05) is 0 Å². The van der Waals surface area contributed by atoms with Gasteiger partial charge in [0, 0.05) is 12.1 Å². The Morgan fingerprint density at radius 2 is 1.88 bits per heavy atom. The third-order valence-electron chi connectivity index (χ3n) is 2.81. The molecule has 1 aliphatic rings. The molecule has 0 aromatic heterocycles. The van der Waals surface area contributed by atoms with Crippen LogP contribution in [0.4, 0.5) is 0 Å². The van der Waals surface area contributed by atoms with Crippen LogP contribution in [-0.2, 0) is 14.8 Å². The van der Waals surface area contributed by atoms with Crippen LogP contribution >= 0.6 is 0 Å². The second-order valence-corrected chi connectivity index (χ2v) is 6.20. The zero-order valence-corrected chi connectivity index (χ0v) is 9.92. The van der Waals surface area contributed by atoms with Crippen LogP contribution in [-0.4, -0.2) is 37.3 Å². The molecule has 0 aliphatic heterocycles. The predicted molar refractivity (Wildman–Crippen MR) is 59.4 cm³/mol. The molecule has 0 saturated heterocycles. The van der Waals surface area contributed by atoms with Gasteiger partial charge in [-0.15, -0.1) is 0 Å². The van der Waals surface area contributed by atoms with Crippen LogP contribution in [0.3, 0.4) is 0 Å². The van der Waals surface area contributed by atoms with Crippen molar-refractivity contribution in [3.8, 4) is 0 Å². The van der Waals surface area contributed by atoms with E-state index in [0.29, 0.717) is 0 Å². The molecule has 0 unspecified atom stereocenters. The smallest absolute Gasteiger partial charge is 0.320 e. The van der Waals surface area contributed by atoms with Gasteiger partial charge in [0.2, 0.25) is 10.0 Å². The van der Waals surface area contributed by atoms with Crippen molar-refractivity contribution in [3.05, 3.63) is 0 Å². The van der Waals surface area contributed by atoms with E-state index in [1.54, 1.807) is 0 Å². The zero-order chi connectivity index (χ0) is 12.2. The number of hydrogen-bond acceptors (Lipinski definition) is 4. The van der Waals surface area contributed by atoms with Gasteiger partial charge in [0.25, 0.3) is 0 Å². The van der Waals surface area contributed by atoms with E-state index >= 15 is 0 Å². The molecule has 0 spiro atoms. The maximum atomic E-state index is 11.3. The lowest BCUT2D eigenvalue weighted by molar-refractivity contribution is -0.134. The van der Waals surface area contributed by atoms with Gasteiger partial charge in [-0.25, -0.2) is 13.1 Å². The lowest BCUT2D eigenvalue weighted by atomic mass is 9.83. The molecular weight excluding hydrogens is 232 g/mol. The zero-order valence-electron chi connectivity index (χ0n) is 9.11. The molecule has 1 saturated carbocycles. The van der Waals surface area contributed by atoms with Crippen LogP contribution < -0.4 is 10.5 Å². The number of nitrogens with one attached hydrogen (secondary N) is 1. The van der Waals surface area contributed by atoms with E-state index in [0.717, 1.165) is 32.1 Å². The Morgan fingerprint density at radius 3 is 2.38 bits per heavy atom. The van der Waals surface area contributed by atoms with Gasteiger partial charge in [0.1, 0.15) is 0 Å². The van der Waals surface area contributed by atoms with Crippen molar-refractivity contribution in [3.63, 3.8) is 0 Å². The fourth-order valence-electron chi connectivity index (χ4n) is 1.90. The number of carboxylic acids is 1. The van der Waals surface area contributed by atoms with Crippen molar-refractivity contribution < 1.29 is 18.3 Å². The SMILES string of the molecule is NC1(CNS(=O)(=O)CC(=O)O)CCCCC1. The molecule has 1 aliphatic carbocycles. The fraction of sp³-hybridized carbons (Fsp3) is 0.889. The highest BCUT2D eigenvalue weighted by Crippen LogP contribution is 2.25. The first-order valence-corrected chi connectivity index (χ1v) is 6.96. The summed E-state index contributed by atoms with van der Waals surface area (Å²) in [5.74, 6) is -2.26. The summed E-state index contributed by atoms with van der Waals surface area (Å²) in [5.41, 5.74) is 5.51. The second kappa shape index (κ2) is 5.11. The molecule has 4 N–H and O–H groups in total. The standard InChI is InChI=1S/C9H18N2O4S/c10-9(4-2-1-3-5-9)7-11-16(14,15)6-8(12)13/h11H,1-7,10H2,(H,12,13). The van der Waals surface area contributed by atoms with Gasteiger partial charge >= 0.3 is 5.97 Å². The Kier molecular flexibility index (Phi) is 4.28. The molecule has 0 radical (unpaired) electrons. The van der Waals surface area contributed by atoms with Crippen molar-refractivity contribution in [1.82, 2.24) is 4.72 Å². The number of nitrogens with two attached hydrogens (primary N) is 1. The maximum Gasteiger partial charge on any atom is 0.320 e. The van der Waals surface area contributed by atoms with Crippen molar-refractivity contribution in [2.75, 3.05) is 12.3 Å². The number of rotatable bonds is 5. The van der Waals surface area contributed by atoms with E-state index < -0.39 is 27.3 Å². The van der Waals surface area contributed by atoms with Crippen molar-refractivity contribution >= 4 is 16.0 Å². The predicted octanol–water partition coefficient (Wildman–Crippen LogP) is -0.348. The molecule has 1 fully saturated rings. The summed E-state index contributed by atoms with van der Waals surface area (Å²) >= 11 is 0. The molecule has 7 heteroatoms. The average Bonchev–Trinajstić information content (AvgIpc) is 2.15. The number of carboxylic acid groups (broad SMARTS) is 1. The van der Waals surface area contributed by atoms with Crippen LogP contribution in [0.15, 0.2) is 0 Å². The molecule has 94 valence electrons. The summed E-state index contributed by atoms with van der Waals surface area (Å²) in [6.07, 6.45) is 4.68. The Balaban J connectivity index is 2.46. The molecular formula is C9H18N2O4S. The molecule has 1 rings (SSSR count). The Labute approximate surface area is 95.3 Å². The molecule has 0 heterocycles. The summed E-state index contributed by atoms with van der Waals surface area (Å²) < 4.78 is 24.8. The molecule has 0 bridgehead atoms. The van der Waals surface area contributed by atoms with Crippen LogP contribution in [0.1, 0.15) is 32.1 Å². The highest BCUT2D eigenvalue weighted by Gasteiger charge is 2.29. The van der Waals surface area contributed by atoms with Crippen LogP contribution in [0.25, 0.3) is 0 Å². The second-order valence-electron chi connectivity index (χ2n) is 4.40. The topological polar surface area (TPSA) is 109 Å². The van der Waals surface area contributed by atoms with Crippen LogP contribution in [0.5, 0.6) is 0 Å². The minimum atomic E-state index is -3.75. The van der Waals surface area contributed by atoms with Crippen molar-refractivity contribution in [1.29, 1.82) is 0 Å². The summed E-state index contributed by atoms with van der Waals surface area (Å²) in [5, 5.41) is 8.40. The van der Waals surface area contributed by atoms with Crippen molar-refractivity contribution in [2.24, 2.45) is 5.73 Å². The van der Waals surface area contributed by atoms with Gasteiger partial charge in [-0.2, -0.15) is 0 Å². The molecule has 16 heavy (non-hydrogen) atoms. The van der Waals surface area contributed by atoms with Gasteiger partial charge in [-0.05, 0) is 12.8 Å². The summed E-state index contributed by atoms with van der Waals surface area (Å²) in [7, 11) is -3.75. The van der Waals surface area contributed by atoms with Gasteiger partial charge in [-0.3, -0.25) is 4.79 Å². The molecule has 6 nitrogen and oxygen atoms in total. The van der Waals surface area contributed by atoms with Gasteiger partial charge in [-0.1, -0.05) is 19.3 Å². The highest BCUT2D eigenvalue weighted by atomic mass is 32.2. The third kappa shape index (κ3) is 4.46. The summed E-state index contributed by atoms with van der Waals surface area (Å²) in [6, 6.07) is 0. The number of hydrogen-bond donors (Lipinski definition) is 3. The largest absolute Gasteiger partial charge is 0.480 e. The van der Waals surface area contributed by atoms with Crippen LogP contribution in [0.2, 0.25) is 0 Å². The van der Waals surface area contributed by atoms with E-state index in [-0.39, 0.29) is 6.54 Å². The quantitative estimate of drug-likeness (QED) is 0.618. The molecule has 0 aromatic carbocycles. The number of sulfonamides is 1. The number of carbonyl (C=O) groups is 1. The minimum absolute atomic E-state index is 0.128. The van der Waals surface area contributed by atoms with Gasteiger partial charge in [0.15, 0.2) is 5.75 Å². The lowest BCUT2D eigenvalue weighted by Crippen LogP contribution is -2.51. The highest BCUT2D eigenvalue weighted by molar-refractivity contribution is 7.90. The third-order valence-corrected chi connectivity index (χ3v) is 4.02. The van der Waals surface area contributed by atoms with E-state index in [1.165, 1.54) is 0 Å². The number of aliphatic carboxylic acids is 1. The Bertz CT molecular complexity index is 347. The first-order chi connectivity index (χ1) is 7.33. The average molecular weight is 250 g/mol. The molecule has 0 aromatic rings. The monoisotopic (exact) mass is 250 g/mol. The maximum absolute atomic E-state index is 11.3. The van der Waals surface area contributed by atoms with E-state index in [2.05, 4.69) is 4.72 Å². The molecule has 0 amide bonds. The van der Waals surface area contributed by atoms with Crippen molar-refractivity contribution in [2.45, 2.75) is 37.6 Å². The van der Waals surface area contributed by atoms with E-state index in [4.69, 9.17) is 10.8 Å². The normalized spacial score (nSPS) is 20.6. The summed E-state index contributed by atoms with van der Waals surface area (Å²) in [6.45, 7) is 0.128. The Morgan fingerprint density at radius 1 is 1.31 bits per heavy atom. The summed E-state index contributed by atoms with van der Waals surface area (Å²) in [4.78, 5) is 10.3. The Hall–Kier alpha value is -0.660. The van der Waals surface area contributed by atoms with Crippen LogP contribution in [0, 0.1) is 0 Å². The van der Waals surface area contributed by atoms with Gasteiger partial charge in [0.05, 0.1) is 0 Å². The fourth-order valence-corrected chi connectivity index (χ4v) is 2.83. The van der Waals surface area contributed by atoms with Gasteiger partial charge < -0.3 is 10.8 Å². The minimum Gasteiger partial charge on any atom is -0.480 e. The first kappa shape index (κ1) is 13.4.